The summed E-state index contributed by atoms with van der Waals surface area (Å²) in [6.45, 7) is 4.51. The molecule has 2 saturated heterocycles. The summed E-state index contributed by atoms with van der Waals surface area (Å²) in [7, 11) is 0. The van der Waals surface area contributed by atoms with Crippen molar-refractivity contribution in [1.29, 1.82) is 0 Å². The smallest absolute Gasteiger partial charge is 0.232 e. The monoisotopic (exact) mass is 488 g/mol. The van der Waals surface area contributed by atoms with Gasteiger partial charge in [-0.25, -0.2) is 14.4 Å². The van der Waals surface area contributed by atoms with Gasteiger partial charge >= 0.3 is 0 Å². The Hall–Kier alpha value is -2.62. The fourth-order valence-electron chi connectivity index (χ4n) is 4.30. The van der Waals surface area contributed by atoms with E-state index in [1.807, 2.05) is 13.0 Å². The van der Waals surface area contributed by atoms with Crippen molar-refractivity contribution >= 4 is 45.0 Å². The summed E-state index contributed by atoms with van der Waals surface area (Å²) in [5.74, 6) is -0.0792. The molecule has 2 aromatic heterocycles. The Morgan fingerprint density at radius 3 is 2.79 bits per heavy atom. The van der Waals surface area contributed by atoms with E-state index in [1.165, 1.54) is 22.6 Å². The van der Waals surface area contributed by atoms with Gasteiger partial charge in [-0.2, -0.15) is 0 Å². The zero-order valence-corrected chi connectivity index (χ0v) is 19.7. The third-order valence-electron chi connectivity index (χ3n) is 6.00. The number of aryl methyl sites for hydroxylation is 1. The van der Waals surface area contributed by atoms with Crippen LogP contribution < -0.4 is 10.1 Å². The van der Waals surface area contributed by atoms with Crippen LogP contribution in [0.3, 0.4) is 0 Å². The molecule has 0 saturated carbocycles. The Kier molecular flexibility index (Phi) is 5.80. The van der Waals surface area contributed by atoms with Crippen molar-refractivity contribution in [3.05, 3.63) is 40.0 Å². The van der Waals surface area contributed by atoms with E-state index >= 15 is 0 Å². The van der Waals surface area contributed by atoms with Gasteiger partial charge in [0.25, 0.3) is 0 Å². The van der Waals surface area contributed by atoms with Gasteiger partial charge < -0.3 is 10.1 Å². The third-order valence-corrected chi connectivity index (χ3v) is 7.33. The van der Waals surface area contributed by atoms with E-state index in [2.05, 4.69) is 15.3 Å². The zero-order chi connectivity index (χ0) is 23.3. The maximum Gasteiger partial charge on any atom is 0.232 e. The van der Waals surface area contributed by atoms with Crippen LogP contribution in [0.1, 0.15) is 23.8 Å². The van der Waals surface area contributed by atoms with Crippen LogP contribution in [0, 0.1) is 12.8 Å². The number of benzene rings is 1. The van der Waals surface area contributed by atoms with Crippen LogP contribution in [0.5, 0.6) is 5.75 Å². The average molecular weight is 489 g/mol. The minimum atomic E-state index is -1.11. The molecule has 2 aliphatic rings. The van der Waals surface area contributed by atoms with Crippen molar-refractivity contribution in [3.8, 4) is 17.0 Å². The van der Waals surface area contributed by atoms with Crippen molar-refractivity contribution in [1.82, 2.24) is 20.2 Å². The van der Waals surface area contributed by atoms with Crippen molar-refractivity contribution < 1.29 is 18.7 Å². The van der Waals surface area contributed by atoms with Gasteiger partial charge in [-0.15, -0.1) is 11.3 Å². The molecule has 0 aliphatic carbocycles. The van der Waals surface area contributed by atoms with E-state index in [-0.39, 0.29) is 37.2 Å². The van der Waals surface area contributed by atoms with E-state index in [9.17, 15) is 14.0 Å². The van der Waals surface area contributed by atoms with Crippen LogP contribution in [0.25, 0.3) is 21.5 Å². The van der Waals surface area contributed by atoms with Gasteiger partial charge in [0, 0.05) is 40.9 Å². The van der Waals surface area contributed by atoms with Gasteiger partial charge in [-0.3, -0.25) is 14.5 Å². The van der Waals surface area contributed by atoms with Gasteiger partial charge in [0.05, 0.1) is 22.5 Å². The molecule has 0 bridgehead atoms. The Balaban J connectivity index is 1.55. The molecule has 172 valence electrons. The lowest BCUT2D eigenvalue weighted by molar-refractivity contribution is -0.139. The van der Waals surface area contributed by atoms with Crippen LogP contribution in [0.2, 0.25) is 5.02 Å². The van der Waals surface area contributed by atoms with E-state index in [1.54, 1.807) is 19.1 Å². The maximum absolute atomic E-state index is 14.3. The molecule has 3 aromatic rings. The van der Waals surface area contributed by atoms with Crippen LogP contribution in [0.15, 0.2) is 24.5 Å². The van der Waals surface area contributed by atoms with Crippen LogP contribution >= 0.6 is 22.9 Å². The highest BCUT2D eigenvalue weighted by Gasteiger charge is 2.36. The van der Waals surface area contributed by atoms with E-state index < -0.39 is 12.3 Å². The highest BCUT2D eigenvalue weighted by Crippen LogP contribution is 2.41. The van der Waals surface area contributed by atoms with Gasteiger partial charge in [0.1, 0.15) is 18.2 Å². The number of imide groups is 1. The zero-order valence-electron chi connectivity index (χ0n) is 18.1. The highest BCUT2D eigenvalue weighted by molar-refractivity contribution is 7.19. The van der Waals surface area contributed by atoms with Crippen molar-refractivity contribution in [2.24, 2.45) is 5.92 Å². The lowest BCUT2D eigenvalue weighted by Gasteiger charge is -2.20. The molecule has 1 unspecified atom stereocenters. The highest BCUT2D eigenvalue weighted by atomic mass is 35.5. The number of amides is 2. The second kappa shape index (κ2) is 8.62. The minimum Gasteiger partial charge on any atom is -0.485 e. The number of hydrogen-bond donors (Lipinski definition) is 1. The number of carbonyl (C=O) groups is 2. The molecule has 2 fully saturated rings. The first-order valence-electron chi connectivity index (χ1n) is 10.7. The maximum atomic E-state index is 14.3. The van der Waals surface area contributed by atoms with Crippen molar-refractivity contribution in [2.75, 3.05) is 13.1 Å². The molecule has 5 rings (SSSR count). The van der Waals surface area contributed by atoms with Gasteiger partial charge in [-0.05, 0) is 30.7 Å². The SMILES string of the molecule is Cc1cc(Cl)cc(-c2ncnc3cc(CN4C(=O)CC(C)C4=O)sc23)c1O[C@@H]1CNC[C@@H]1F. The molecule has 7 nitrogen and oxygen atoms in total. The summed E-state index contributed by atoms with van der Waals surface area (Å²) in [4.78, 5) is 35.6. The number of nitrogens with one attached hydrogen (secondary N) is 1. The minimum absolute atomic E-state index is 0.157. The van der Waals surface area contributed by atoms with Gasteiger partial charge in [-0.1, -0.05) is 18.5 Å². The second-order valence-corrected chi connectivity index (χ2v) is 10.1. The predicted octanol–water partition coefficient (Wildman–Crippen LogP) is 3.90. The molecule has 1 aromatic carbocycles. The average Bonchev–Trinajstić information content (AvgIpc) is 3.43. The molecule has 2 amide bonds. The topological polar surface area (TPSA) is 84.4 Å². The number of likely N-dealkylation sites (tertiary alicyclic amines) is 1. The van der Waals surface area contributed by atoms with Crippen LogP contribution in [-0.2, 0) is 16.1 Å². The second-order valence-electron chi connectivity index (χ2n) is 8.50. The molecular formula is C23H22ClFN4O3S. The summed E-state index contributed by atoms with van der Waals surface area (Å²) in [5.41, 5.74) is 2.75. The number of thiophene rings is 1. The first-order valence-corrected chi connectivity index (χ1v) is 11.9. The van der Waals surface area contributed by atoms with E-state index in [4.69, 9.17) is 16.3 Å². The number of fused-ring (bicyclic) bond motifs is 1. The van der Waals surface area contributed by atoms with Crippen LogP contribution in [0.4, 0.5) is 4.39 Å². The van der Waals surface area contributed by atoms with Gasteiger partial charge in [0.2, 0.25) is 11.8 Å². The molecule has 3 atom stereocenters. The first kappa shape index (κ1) is 22.2. The summed E-state index contributed by atoms with van der Waals surface area (Å²) in [6, 6.07) is 5.40. The van der Waals surface area contributed by atoms with E-state index in [0.717, 1.165) is 15.1 Å². The first-order chi connectivity index (χ1) is 15.8. The number of aromatic nitrogens is 2. The summed E-state index contributed by atoms with van der Waals surface area (Å²) >= 11 is 7.79. The van der Waals surface area contributed by atoms with Crippen LogP contribution in [-0.4, -0.2) is 52.0 Å². The molecule has 0 radical (unpaired) electrons. The molecule has 4 heterocycles. The molecule has 0 spiro atoms. The number of halogens is 2. The largest absolute Gasteiger partial charge is 0.485 e. The number of nitrogens with zero attached hydrogens (tertiary/aromatic N) is 3. The number of ether oxygens (including phenoxy) is 1. The standard InChI is InChI=1S/C23H22ClFN4O3S/c1-11-3-13(24)5-15(21(11)32-18-8-26-7-16(18)25)20-22-17(27-10-28-20)6-14(33-22)9-29-19(30)4-12(2)23(29)31/h3,5-6,10,12,16,18,26H,4,7-9H2,1-2H3/t12?,16-,18+/m0/s1. The van der Waals surface area contributed by atoms with Crippen molar-refractivity contribution in [2.45, 2.75) is 39.1 Å². The molecule has 1 N–H and O–H groups in total. The Bertz CT molecular complexity index is 1270. The summed E-state index contributed by atoms with van der Waals surface area (Å²) < 4.78 is 21.2. The van der Waals surface area contributed by atoms with Gasteiger partial charge in [0.15, 0.2) is 6.17 Å². The molecule has 10 heteroatoms. The third kappa shape index (κ3) is 4.09. The lowest BCUT2D eigenvalue weighted by Crippen LogP contribution is -2.29. The Labute approximate surface area is 198 Å². The number of hydrogen-bond acceptors (Lipinski definition) is 7. The lowest BCUT2D eigenvalue weighted by atomic mass is 10.1. The fourth-order valence-corrected chi connectivity index (χ4v) is 5.67. The summed E-state index contributed by atoms with van der Waals surface area (Å²) in [6.07, 6.45) is -0.0148. The predicted molar refractivity (Wildman–Crippen MR) is 124 cm³/mol. The normalized spacial score (nSPS) is 23.2. The summed E-state index contributed by atoms with van der Waals surface area (Å²) in [5, 5.41) is 3.52. The Morgan fingerprint density at radius 1 is 1.27 bits per heavy atom. The molecule has 2 aliphatic heterocycles. The molecular weight excluding hydrogens is 467 g/mol. The number of rotatable bonds is 5. The van der Waals surface area contributed by atoms with Crippen molar-refractivity contribution in [3.63, 3.8) is 0 Å². The molecule has 33 heavy (non-hydrogen) atoms. The van der Waals surface area contributed by atoms with E-state index in [0.29, 0.717) is 34.1 Å². The number of alkyl halides is 1. The number of carbonyl (C=O) groups excluding carboxylic acids is 2. The fraction of sp³-hybridized carbons (Fsp3) is 0.391. The quantitative estimate of drug-likeness (QED) is 0.548. The Morgan fingerprint density at radius 2 is 2.09 bits per heavy atom.